The van der Waals surface area contributed by atoms with E-state index in [4.69, 9.17) is 0 Å². The van der Waals surface area contributed by atoms with Gasteiger partial charge in [0.2, 0.25) is 0 Å². The van der Waals surface area contributed by atoms with Crippen LogP contribution in [0, 0.1) is 51.2 Å². The Morgan fingerprint density at radius 1 is 0.907 bits per heavy atom. The molecule has 4 heteroatoms. The summed E-state index contributed by atoms with van der Waals surface area (Å²) in [4.78, 5) is 29.4. The summed E-state index contributed by atoms with van der Waals surface area (Å²) in [5, 5.41) is 10.8. The third kappa shape index (κ3) is 3.67. The van der Waals surface area contributed by atoms with Gasteiger partial charge in [0.15, 0.2) is 0 Å². The molecule has 43 heavy (non-hydrogen) atoms. The van der Waals surface area contributed by atoms with Gasteiger partial charge < -0.3 is 10.1 Å². The number of aliphatic carboxylic acids is 1. The minimum Gasteiger partial charge on any atom is -0.481 e. The predicted molar refractivity (Wildman–Crippen MR) is 173 cm³/mol. The Morgan fingerprint density at radius 3 is 2.37 bits per heavy atom. The number of hydrogen-bond acceptors (Lipinski definition) is 2. The number of para-hydroxylation sites is 1. The summed E-state index contributed by atoms with van der Waals surface area (Å²) in [6.45, 7) is 19.6. The number of aromatic nitrogens is 1. The summed E-state index contributed by atoms with van der Waals surface area (Å²) in [7, 11) is 0. The first-order valence-corrected chi connectivity index (χ1v) is 17.2. The van der Waals surface area contributed by atoms with E-state index < -0.39 is 5.97 Å². The van der Waals surface area contributed by atoms with Gasteiger partial charge >= 0.3 is 5.97 Å². The molecule has 0 bridgehead atoms. The van der Waals surface area contributed by atoms with Crippen LogP contribution in [0.2, 0.25) is 0 Å². The van der Waals surface area contributed by atoms with E-state index in [1.165, 1.54) is 47.9 Å². The molecule has 0 radical (unpaired) electrons. The van der Waals surface area contributed by atoms with Crippen LogP contribution in [0.15, 0.2) is 36.4 Å². The second-order valence-corrected chi connectivity index (χ2v) is 17.1. The number of fused-ring (bicyclic) bond motifs is 10. The van der Waals surface area contributed by atoms with Gasteiger partial charge in [-0.1, -0.05) is 65.0 Å². The van der Waals surface area contributed by atoms with E-state index in [2.05, 4.69) is 77.4 Å². The van der Waals surface area contributed by atoms with E-state index in [1.54, 1.807) is 5.56 Å². The molecule has 2 aromatic rings. The number of benzene rings is 1. The number of carbonyl (C=O) groups is 2. The highest BCUT2D eigenvalue weighted by molar-refractivity contribution is 5.88. The lowest BCUT2D eigenvalue weighted by Crippen LogP contribution is -2.66. The lowest BCUT2D eigenvalue weighted by molar-refractivity contribution is -0.224. The average Bonchev–Trinajstić information content (AvgIpc) is 3.52. The number of ketones is 1. The molecule has 5 aliphatic rings. The van der Waals surface area contributed by atoms with Crippen LogP contribution in [-0.4, -0.2) is 21.8 Å². The van der Waals surface area contributed by atoms with Crippen LogP contribution in [0.3, 0.4) is 0 Å². The molecule has 5 unspecified atom stereocenters. The van der Waals surface area contributed by atoms with Crippen LogP contribution in [0.5, 0.6) is 0 Å². The number of aromatic amines is 1. The van der Waals surface area contributed by atoms with Crippen molar-refractivity contribution in [3.05, 3.63) is 47.7 Å². The zero-order valence-electron chi connectivity index (χ0n) is 27.4. The number of carboxylic acids is 1. The summed E-state index contributed by atoms with van der Waals surface area (Å²) < 4.78 is 0. The van der Waals surface area contributed by atoms with Crippen molar-refractivity contribution in [1.82, 2.24) is 4.98 Å². The maximum Gasteiger partial charge on any atom is 0.303 e. The molecule has 5 aliphatic carbocycles. The molecule has 0 spiro atoms. The Bertz CT molecular complexity index is 1520. The Labute approximate surface area is 258 Å². The molecule has 4 nitrogen and oxygen atoms in total. The fourth-order valence-electron chi connectivity index (χ4n) is 13.4. The van der Waals surface area contributed by atoms with Crippen molar-refractivity contribution >= 4 is 22.7 Å². The van der Waals surface area contributed by atoms with Gasteiger partial charge in [-0.25, -0.2) is 0 Å². The number of hydrogen-bond donors (Lipinski definition) is 2. The van der Waals surface area contributed by atoms with Crippen molar-refractivity contribution in [2.45, 2.75) is 118 Å². The summed E-state index contributed by atoms with van der Waals surface area (Å²) in [6.07, 6.45) is 10.2. The molecular formula is C39H53NO3. The minimum absolute atomic E-state index is 0.0435. The predicted octanol–water partition coefficient (Wildman–Crippen LogP) is 9.27. The van der Waals surface area contributed by atoms with Crippen LogP contribution in [0.25, 0.3) is 10.9 Å². The van der Waals surface area contributed by atoms with Crippen molar-refractivity contribution in [3.8, 4) is 0 Å². The number of carboxylic acid groups (broad SMARTS) is 1. The topological polar surface area (TPSA) is 70.2 Å². The first kappa shape index (κ1) is 29.4. The maximum atomic E-state index is 14.0. The van der Waals surface area contributed by atoms with Gasteiger partial charge in [0.25, 0.3) is 0 Å². The second-order valence-electron chi connectivity index (χ2n) is 17.1. The molecule has 9 atom stereocenters. The lowest BCUT2D eigenvalue weighted by atomic mass is 9.32. The Kier molecular flexibility index (Phi) is 6.37. The molecule has 4 saturated carbocycles. The van der Waals surface area contributed by atoms with Gasteiger partial charge in [-0.3, -0.25) is 9.59 Å². The van der Waals surface area contributed by atoms with Gasteiger partial charge in [0.1, 0.15) is 5.78 Å². The van der Waals surface area contributed by atoms with Crippen LogP contribution < -0.4 is 0 Å². The molecule has 0 amide bonds. The van der Waals surface area contributed by atoms with E-state index in [1.807, 2.05) is 0 Å². The molecule has 1 heterocycles. The zero-order chi connectivity index (χ0) is 30.7. The van der Waals surface area contributed by atoms with Crippen molar-refractivity contribution in [2.75, 3.05) is 0 Å². The molecule has 0 aliphatic heterocycles. The van der Waals surface area contributed by atoms with Gasteiger partial charge in [-0.05, 0) is 122 Å². The van der Waals surface area contributed by atoms with E-state index in [0.29, 0.717) is 29.6 Å². The quantitative estimate of drug-likeness (QED) is 0.345. The van der Waals surface area contributed by atoms with Crippen molar-refractivity contribution in [1.29, 1.82) is 0 Å². The molecule has 4 fully saturated rings. The summed E-state index contributed by atoms with van der Waals surface area (Å²) in [5.41, 5.74) is 5.85. The van der Waals surface area contributed by atoms with Gasteiger partial charge in [0.05, 0.1) is 6.42 Å². The van der Waals surface area contributed by atoms with Crippen LogP contribution >= 0.6 is 0 Å². The van der Waals surface area contributed by atoms with Gasteiger partial charge in [0, 0.05) is 33.8 Å². The highest BCUT2D eigenvalue weighted by Gasteiger charge is 2.71. The molecule has 1 aromatic heterocycles. The number of allylic oxidation sites excluding steroid dienone is 1. The summed E-state index contributed by atoms with van der Waals surface area (Å²) in [6, 6.07) is 8.92. The highest BCUT2D eigenvalue weighted by atomic mass is 16.4. The smallest absolute Gasteiger partial charge is 0.303 e. The van der Waals surface area contributed by atoms with Crippen LogP contribution in [-0.2, 0) is 21.4 Å². The molecule has 7 rings (SSSR count). The summed E-state index contributed by atoms with van der Waals surface area (Å²) in [5.74, 6) is 1.80. The number of nitrogens with one attached hydrogen (secondary N) is 1. The lowest BCUT2D eigenvalue weighted by Gasteiger charge is -2.72. The minimum atomic E-state index is -0.858. The van der Waals surface area contributed by atoms with Gasteiger partial charge in [-0.15, -0.1) is 0 Å². The third-order valence-electron chi connectivity index (χ3n) is 15.3. The second kappa shape index (κ2) is 9.33. The van der Waals surface area contributed by atoms with Gasteiger partial charge in [-0.2, -0.15) is 0 Å². The normalized spacial score (nSPS) is 42.7. The van der Waals surface area contributed by atoms with Crippen molar-refractivity contribution < 1.29 is 14.7 Å². The SMILES string of the molecule is C=C(C)C1CC[C@]2(C(=O)CCC(=O)O)CC[C@]3(C)C(CCC4[C@@]5(C)Cc6c([nH]c7ccccc67)C(C)(C)C5CC[C@]43C)C12. The molecule has 0 saturated heterocycles. The molecule has 2 N–H and O–H groups in total. The molecular weight excluding hydrogens is 530 g/mol. The van der Waals surface area contributed by atoms with Crippen LogP contribution in [0.1, 0.15) is 117 Å². The first-order chi connectivity index (χ1) is 20.2. The zero-order valence-corrected chi connectivity index (χ0v) is 27.4. The number of rotatable bonds is 5. The highest BCUT2D eigenvalue weighted by Crippen LogP contribution is 2.77. The van der Waals surface area contributed by atoms with E-state index in [-0.39, 0.29) is 45.7 Å². The Balaban J connectivity index is 1.29. The monoisotopic (exact) mass is 583 g/mol. The Hall–Kier alpha value is -2.36. The molecule has 1 aromatic carbocycles. The summed E-state index contributed by atoms with van der Waals surface area (Å²) >= 11 is 0. The average molecular weight is 584 g/mol. The fourth-order valence-corrected chi connectivity index (χ4v) is 13.4. The van der Waals surface area contributed by atoms with E-state index >= 15 is 0 Å². The Morgan fingerprint density at radius 2 is 1.65 bits per heavy atom. The van der Waals surface area contributed by atoms with Crippen molar-refractivity contribution in [3.63, 3.8) is 0 Å². The largest absolute Gasteiger partial charge is 0.481 e. The van der Waals surface area contributed by atoms with E-state index in [9.17, 15) is 14.7 Å². The third-order valence-corrected chi connectivity index (χ3v) is 15.3. The first-order valence-electron chi connectivity index (χ1n) is 17.2. The fraction of sp³-hybridized carbons (Fsp3) is 0.692. The number of H-pyrrole nitrogens is 1. The van der Waals surface area contributed by atoms with Crippen LogP contribution in [0.4, 0.5) is 0 Å². The number of Topliss-reactive ketones (excluding diaryl/α,β-unsaturated/α-hetero) is 1. The maximum absolute atomic E-state index is 14.0. The molecule has 232 valence electrons. The standard InChI is InChI=1S/C39H53NO3/c1-23(2)24-16-19-39(31(41)14-15-32(42)43)21-20-37(6)27(33(24)39)12-13-30-36(5)22-26-25-10-8-9-11-28(25)40-34(26)35(3,4)29(36)17-18-38(30,37)7/h8-11,24,27,29-30,33,40H,1,12-22H2,2-7H3,(H,42,43)/t24?,27?,29?,30?,33?,36-,37+,38+,39+/m0/s1. The number of carbonyl (C=O) groups excluding carboxylic acids is 1. The van der Waals surface area contributed by atoms with E-state index in [0.717, 1.165) is 32.1 Å². The van der Waals surface area contributed by atoms with Crippen molar-refractivity contribution in [2.24, 2.45) is 51.2 Å².